The monoisotopic (exact) mass is 428 g/mol. The van der Waals surface area contributed by atoms with E-state index >= 15 is 0 Å². The van der Waals surface area contributed by atoms with E-state index < -0.39 is 17.8 Å². The molecule has 3 fully saturated rings. The van der Waals surface area contributed by atoms with Gasteiger partial charge in [-0.05, 0) is 87.5 Å². The molecule has 31 heavy (non-hydrogen) atoms. The second-order valence-corrected chi connectivity index (χ2v) is 11.4. The molecule has 3 N–H and O–H groups in total. The topological polar surface area (TPSA) is 60.7 Å². The Kier molecular flexibility index (Phi) is 7.40. The van der Waals surface area contributed by atoms with Gasteiger partial charge in [-0.25, -0.2) is 0 Å². The highest BCUT2D eigenvalue weighted by Gasteiger charge is 2.50. The van der Waals surface area contributed by atoms with Crippen LogP contribution < -0.4 is 0 Å². The standard InChI is InChI=1S/C28H44O3/c1-18(9-10-19(2)27(4,5)31)23-13-14-24-22(8-7-15-28(23,24)6)12-11-21-16-25(29)20(3)26(30)17-21/h9-12,18-19,23-26,29-31H,3,7-8,13-17H2,1-2,4-6H3/b10-9+,22-12+/t18-,19-,23+,24-,25+,26+,28+/m0/s1. The van der Waals surface area contributed by atoms with Crippen LogP contribution in [0.3, 0.4) is 0 Å². The molecular formula is C28H44O3. The van der Waals surface area contributed by atoms with Crippen molar-refractivity contribution in [3.05, 3.63) is 47.6 Å². The van der Waals surface area contributed by atoms with E-state index in [0.717, 1.165) is 12.0 Å². The molecule has 0 amide bonds. The van der Waals surface area contributed by atoms with Crippen molar-refractivity contribution >= 4 is 0 Å². The minimum Gasteiger partial charge on any atom is -0.390 e. The van der Waals surface area contributed by atoms with Crippen LogP contribution in [0.25, 0.3) is 0 Å². The molecule has 0 bridgehead atoms. The molecule has 0 heterocycles. The Labute approximate surface area is 189 Å². The van der Waals surface area contributed by atoms with Gasteiger partial charge in [0.15, 0.2) is 0 Å². The van der Waals surface area contributed by atoms with Gasteiger partial charge in [-0.15, -0.1) is 0 Å². The van der Waals surface area contributed by atoms with Crippen molar-refractivity contribution < 1.29 is 15.3 Å². The van der Waals surface area contributed by atoms with Crippen molar-refractivity contribution in [1.29, 1.82) is 0 Å². The fourth-order valence-corrected chi connectivity index (χ4v) is 6.28. The first-order valence-corrected chi connectivity index (χ1v) is 12.3. The fraction of sp³-hybridized carbons (Fsp3) is 0.714. The number of fused-ring (bicyclic) bond motifs is 1. The first-order valence-electron chi connectivity index (χ1n) is 12.3. The summed E-state index contributed by atoms with van der Waals surface area (Å²) in [5.74, 6) is 1.94. The number of aliphatic hydroxyl groups excluding tert-OH is 2. The van der Waals surface area contributed by atoms with E-state index in [2.05, 4.69) is 51.7 Å². The van der Waals surface area contributed by atoms with Crippen molar-refractivity contribution in [2.75, 3.05) is 0 Å². The average molecular weight is 429 g/mol. The van der Waals surface area contributed by atoms with E-state index in [1.54, 1.807) is 5.57 Å². The molecule has 0 aromatic heterocycles. The fourth-order valence-electron chi connectivity index (χ4n) is 6.28. The summed E-state index contributed by atoms with van der Waals surface area (Å²) in [5, 5.41) is 30.5. The zero-order valence-electron chi connectivity index (χ0n) is 20.3. The maximum Gasteiger partial charge on any atom is 0.0809 e. The van der Waals surface area contributed by atoms with E-state index in [-0.39, 0.29) is 5.92 Å². The number of hydrogen-bond acceptors (Lipinski definition) is 3. The van der Waals surface area contributed by atoms with Gasteiger partial charge < -0.3 is 15.3 Å². The summed E-state index contributed by atoms with van der Waals surface area (Å²) in [6.07, 6.45) is 15.1. The quantitative estimate of drug-likeness (QED) is 0.490. The Morgan fingerprint density at radius 1 is 1.06 bits per heavy atom. The Balaban J connectivity index is 1.73. The Hall–Kier alpha value is -1.16. The molecule has 0 saturated heterocycles. The zero-order chi connectivity index (χ0) is 23.0. The van der Waals surface area contributed by atoms with Gasteiger partial charge in [0.05, 0.1) is 17.8 Å². The number of allylic oxidation sites excluding steroid dienone is 4. The van der Waals surface area contributed by atoms with Crippen LogP contribution in [0.1, 0.15) is 79.6 Å². The van der Waals surface area contributed by atoms with Gasteiger partial charge in [-0.1, -0.05) is 62.8 Å². The molecule has 3 rings (SSSR count). The molecular weight excluding hydrogens is 384 g/mol. The molecule has 0 spiro atoms. The van der Waals surface area contributed by atoms with Crippen molar-refractivity contribution in [3.8, 4) is 0 Å². The molecule has 0 unspecified atom stereocenters. The maximum absolute atomic E-state index is 10.3. The first-order chi connectivity index (χ1) is 14.4. The average Bonchev–Trinajstić information content (AvgIpc) is 3.05. The SMILES string of the molecule is C=C1[C@H](O)CC(=C/C=C2\CCC[C@]3(C)[C@@H]([C@@H](C)/C=C/[C@H](C)C(C)(C)O)CC[C@@H]23)C[C@H]1O. The third-order valence-electron chi connectivity index (χ3n) is 8.79. The van der Waals surface area contributed by atoms with Crippen LogP contribution in [0.4, 0.5) is 0 Å². The van der Waals surface area contributed by atoms with Crippen LogP contribution >= 0.6 is 0 Å². The summed E-state index contributed by atoms with van der Waals surface area (Å²) < 4.78 is 0. The van der Waals surface area contributed by atoms with Gasteiger partial charge in [0.2, 0.25) is 0 Å². The Morgan fingerprint density at radius 2 is 1.71 bits per heavy atom. The van der Waals surface area contributed by atoms with Gasteiger partial charge in [0, 0.05) is 5.92 Å². The molecule has 7 atom stereocenters. The molecule has 3 aliphatic rings. The van der Waals surface area contributed by atoms with Crippen molar-refractivity contribution in [3.63, 3.8) is 0 Å². The van der Waals surface area contributed by atoms with E-state index in [1.807, 2.05) is 13.8 Å². The van der Waals surface area contributed by atoms with Gasteiger partial charge in [0.25, 0.3) is 0 Å². The molecule has 0 aromatic rings. The third-order valence-corrected chi connectivity index (χ3v) is 8.79. The van der Waals surface area contributed by atoms with Gasteiger partial charge >= 0.3 is 0 Å². The maximum atomic E-state index is 10.3. The number of rotatable bonds is 5. The van der Waals surface area contributed by atoms with Crippen molar-refractivity contribution in [2.24, 2.45) is 29.1 Å². The van der Waals surface area contributed by atoms with Crippen molar-refractivity contribution in [2.45, 2.75) is 97.4 Å². The largest absolute Gasteiger partial charge is 0.390 e. The second kappa shape index (κ2) is 9.37. The van der Waals surface area contributed by atoms with Crippen LogP contribution in [-0.2, 0) is 0 Å². The minimum absolute atomic E-state index is 0.144. The summed E-state index contributed by atoms with van der Waals surface area (Å²) >= 11 is 0. The zero-order valence-corrected chi connectivity index (χ0v) is 20.3. The summed E-state index contributed by atoms with van der Waals surface area (Å²) in [4.78, 5) is 0. The van der Waals surface area contributed by atoms with E-state index in [9.17, 15) is 15.3 Å². The molecule has 3 saturated carbocycles. The first kappa shape index (κ1) is 24.5. The molecule has 0 aliphatic heterocycles. The molecule has 0 radical (unpaired) electrons. The van der Waals surface area contributed by atoms with Crippen LogP contribution in [0.5, 0.6) is 0 Å². The van der Waals surface area contributed by atoms with Crippen LogP contribution in [0, 0.1) is 29.1 Å². The molecule has 3 nitrogen and oxygen atoms in total. The molecule has 3 heteroatoms. The third kappa shape index (κ3) is 5.26. The van der Waals surface area contributed by atoms with Crippen molar-refractivity contribution in [1.82, 2.24) is 0 Å². The number of aliphatic hydroxyl groups is 3. The molecule has 0 aromatic carbocycles. The minimum atomic E-state index is -0.681. The van der Waals surface area contributed by atoms with Crippen LogP contribution in [0.15, 0.2) is 47.6 Å². The predicted molar refractivity (Wildman–Crippen MR) is 128 cm³/mol. The second-order valence-electron chi connectivity index (χ2n) is 11.4. The molecule has 3 aliphatic carbocycles. The lowest BCUT2D eigenvalue weighted by molar-refractivity contribution is 0.0436. The van der Waals surface area contributed by atoms with Gasteiger partial charge in [0.1, 0.15) is 0 Å². The van der Waals surface area contributed by atoms with Crippen LogP contribution in [-0.4, -0.2) is 33.1 Å². The van der Waals surface area contributed by atoms with E-state index in [0.29, 0.717) is 41.6 Å². The summed E-state index contributed by atoms with van der Waals surface area (Å²) in [6.45, 7) is 14.5. The highest BCUT2D eigenvalue weighted by Crippen LogP contribution is 2.59. The normalized spacial score (nSPS) is 37.9. The lowest BCUT2D eigenvalue weighted by Crippen LogP contribution is -2.35. The van der Waals surface area contributed by atoms with Crippen LogP contribution in [0.2, 0.25) is 0 Å². The highest BCUT2D eigenvalue weighted by atomic mass is 16.3. The van der Waals surface area contributed by atoms with Gasteiger partial charge in [-0.2, -0.15) is 0 Å². The van der Waals surface area contributed by atoms with E-state index in [1.165, 1.54) is 25.7 Å². The van der Waals surface area contributed by atoms with Gasteiger partial charge in [-0.3, -0.25) is 0 Å². The smallest absolute Gasteiger partial charge is 0.0809 e. The lowest BCUT2D eigenvalue weighted by Gasteiger charge is -2.44. The summed E-state index contributed by atoms with van der Waals surface area (Å²) in [5.41, 5.74) is 2.87. The Morgan fingerprint density at radius 3 is 2.32 bits per heavy atom. The van der Waals surface area contributed by atoms with E-state index in [4.69, 9.17) is 0 Å². The Bertz CT molecular complexity index is 737. The summed E-state index contributed by atoms with van der Waals surface area (Å²) in [6, 6.07) is 0. The summed E-state index contributed by atoms with van der Waals surface area (Å²) in [7, 11) is 0. The lowest BCUT2D eigenvalue weighted by atomic mass is 9.61. The number of hydrogen-bond donors (Lipinski definition) is 3. The highest BCUT2D eigenvalue weighted by molar-refractivity contribution is 5.29. The predicted octanol–water partition coefficient (Wildman–Crippen LogP) is 5.73. The molecule has 174 valence electrons.